The van der Waals surface area contributed by atoms with Crippen LogP contribution >= 0.6 is 15.9 Å². The number of amidine groups is 1. The third-order valence-corrected chi connectivity index (χ3v) is 2.54. The Kier molecular flexibility index (Phi) is 3.70. The van der Waals surface area contributed by atoms with Crippen molar-refractivity contribution >= 4 is 21.8 Å². The molecule has 1 aromatic carbocycles. The maximum Gasteiger partial charge on any atom is 0.238 e. The summed E-state index contributed by atoms with van der Waals surface area (Å²) in [6.07, 6.45) is 2.36. The Balaban J connectivity index is 2.28. The lowest BCUT2D eigenvalue weighted by Crippen LogP contribution is -2.13. The molecular formula is C11H7BrF2N4O. The smallest absolute Gasteiger partial charge is 0.238 e. The molecule has 0 aliphatic heterocycles. The van der Waals surface area contributed by atoms with Gasteiger partial charge in [-0.1, -0.05) is 15.9 Å². The fourth-order valence-electron chi connectivity index (χ4n) is 1.23. The molecule has 2 rings (SSSR count). The maximum atomic E-state index is 13.5. The Morgan fingerprint density at radius 1 is 1.26 bits per heavy atom. The monoisotopic (exact) mass is 328 g/mol. The van der Waals surface area contributed by atoms with Gasteiger partial charge in [-0.15, -0.1) is 0 Å². The Bertz CT molecular complexity index is 633. The first-order chi connectivity index (χ1) is 8.97. The van der Waals surface area contributed by atoms with Crippen LogP contribution in [0.1, 0.15) is 5.69 Å². The van der Waals surface area contributed by atoms with E-state index in [2.05, 4.69) is 25.9 Å². The summed E-state index contributed by atoms with van der Waals surface area (Å²) in [5.41, 5.74) is 5.36. The number of hydrogen-bond donors (Lipinski definition) is 2. The molecule has 0 aliphatic rings. The molecule has 3 N–H and O–H groups in total. The Hall–Kier alpha value is -2.09. The summed E-state index contributed by atoms with van der Waals surface area (Å²) in [5.74, 6) is -2.78. The van der Waals surface area contributed by atoms with Gasteiger partial charge in [0.05, 0.1) is 12.4 Å². The first-order valence-electron chi connectivity index (χ1n) is 4.96. The van der Waals surface area contributed by atoms with Gasteiger partial charge in [-0.25, -0.2) is 14.4 Å². The van der Waals surface area contributed by atoms with Crippen LogP contribution in [0.5, 0.6) is 11.6 Å². The van der Waals surface area contributed by atoms with Crippen molar-refractivity contribution in [3.8, 4) is 11.6 Å². The first kappa shape index (κ1) is 13.3. The molecule has 0 saturated carbocycles. The van der Waals surface area contributed by atoms with Gasteiger partial charge in [0.2, 0.25) is 11.7 Å². The number of nitrogens with two attached hydrogens (primary N) is 1. The number of rotatable bonds is 3. The van der Waals surface area contributed by atoms with Crippen molar-refractivity contribution in [2.75, 3.05) is 0 Å². The second-order valence-corrected chi connectivity index (χ2v) is 4.37. The molecule has 0 atom stereocenters. The van der Waals surface area contributed by atoms with Gasteiger partial charge in [0.1, 0.15) is 11.5 Å². The number of nitrogens with one attached hydrogen (secondary N) is 1. The van der Waals surface area contributed by atoms with Crippen LogP contribution in [0.3, 0.4) is 0 Å². The predicted octanol–water partition coefficient (Wildman–Crippen LogP) is 2.59. The molecule has 98 valence electrons. The van der Waals surface area contributed by atoms with E-state index in [4.69, 9.17) is 15.9 Å². The van der Waals surface area contributed by atoms with E-state index in [1.54, 1.807) is 0 Å². The molecule has 0 spiro atoms. The van der Waals surface area contributed by atoms with E-state index in [1.165, 1.54) is 12.3 Å². The van der Waals surface area contributed by atoms with E-state index in [-0.39, 0.29) is 23.2 Å². The molecule has 8 heteroatoms. The van der Waals surface area contributed by atoms with Gasteiger partial charge in [-0.3, -0.25) is 5.41 Å². The highest BCUT2D eigenvalue weighted by atomic mass is 79.9. The minimum absolute atomic E-state index is 0.0404. The molecule has 0 aliphatic carbocycles. The van der Waals surface area contributed by atoms with Crippen molar-refractivity contribution in [3.05, 3.63) is 46.3 Å². The molecule has 2 aromatic rings. The Morgan fingerprint density at radius 3 is 2.58 bits per heavy atom. The van der Waals surface area contributed by atoms with E-state index in [9.17, 15) is 8.78 Å². The third-order valence-electron chi connectivity index (χ3n) is 2.08. The summed E-state index contributed by atoms with van der Waals surface area (Å²) in [5, 5.41) is 7.14. The summed E-state index contributed by atoms with van der Waals surface area (Å²) >= 11 is 3.02. The lowest BCUT2D eigenvalue weighted by atomic mass is 10.3. The van der Waals surface area contributed by atoms with Gasteiger partial charge in [-0.05, 0) is 12.1 Å². The van der Waals surface area contributed by atoms with Crippen molar-refractivity contribution in [1.82, 2.24) is 9.97 Å². The highest BCUT2D eigenvalue weighted by Crippen LogP contribution is 2.28. The lowest BCUT2D eigenvalue weighted by Gasteiger charge is -2.07. The molecule has 0 radical (unpaired) electrons. The standard InChI is InChI=1S/C11H7BrF2N4O/c12-5-1-6(13)10(14)8(2-5)19-9-4-17-7(3-18-9)11(15)16/h1-4H,(H3,15,16). The second-order valence-electron chi connectivity index (χ2n) is 3.46. The van der Waals surface area contributed by atoms with Gasteiger partial charge in [0, 0.05) is 4.47 Å². The van der Waals surface area contributed by atoms with Gasteiger partial charge >= 0.3 is 0 Å². The number of nitrogen functional groups attached to an aromatic ring is 1. The molecule has 0 saturated heterocycles. The Morgan fingerprint density at radius 2 is 2.00 bits per heavy atom. The molecule has 0 amide bonds. The van der Waals surface area contributed by atoms with Crippen LogP contribution in [0.2, 0.25) is 0 Å². The summed E-state index contributed by atoms with van der Waals surface area (Å²) in [6.45, 7) is 0. The molecule has 19 heavy (non-hydrogen) atoms. The van der Waals surface area contributed by atoms with E-state index in [0.29, 0.717) is 4.47 Å². The molecule has 1 aromatic heterocycles. The average molecular weight is 329 g/mol. The van der Waals surface area contributed by atoms with Gasteiger partial charge in [0.15, 0.2) is 11.6 Å². The van der Waals surface area contributed by atoms with Gasteiger partial charge in [0.25, 0.3) is 0 Å². The largest absolute Gasteiger partial charge is 0.434 e. The predicted molar refractivity (Wildman–Crippen MR) is 67.2 cm³/mol. The molecule has 5 nitrogen and oxygen atoms in total. The summed E-state index contributed by atoms with van der Waals surface area (Å²) in [4.78, 5) is 7.57. The number of halogens is 3. The number of benzene rings is 1. The molecule has 0 bridgehead atoms. The highest BCUT2D eigenvalue weighted by Gasteiger charge is 2.13. The zero-order valence-electron chi connectivity index (χ0n) is 9.32. The van der Waals surface area contributed by atoms with Crippen LogP contribution in [-0.4, -0.2) is 15.8 Å². The van der Waals surface area contributed by atoms with Crippen molar-refractivity contribution < 1.29 is 13.5 Å². The van der Waals surface area contributed by atoms with Gasteiger partial charge in [-0.2, -0.15) is 4.39 Å². The van der Waals surface area contributed by atoms with Crippen molar-refractivity contribution in [2.24, 2.45) is 5.73 Å². The van der Waals surface area contributed by atoms with E-state index in [0.717, 1.165) is 12.3 Å². The lowest BCUT2D eigenvalue weighted by molar-refractivity contribution is 0.403. The zero-order valence-corrected chi connectivity index (χ0v) is 10.9. The quantitative estimate of drug-likeness (QED) is 0.515. The fraction of sp³-hybridized carbons (Fsp3) is 0. The fourth-order valence-corrected chi connectivity index (χ4v) is 1.64. The summed E-state index contributed by atoms with van der Waals surface area (Å²) in [6, 6.07) is 2.24. The van der Waals surface area contributed by atoms with Crippen molar-refractivity contribution in [2.45, 2.75) is 0 Å². The number of hydrogen-bond acceptors (Lipinski definition) is 4. The van der Waals surface area contributed by atoms with Crippen LogP contribution in [-0.2, 0) is 0 Å². The normalized spacial score (nSPS) is 10.3. The number of ether oxygens (including phenoxy) is 1. The van der Waals surface area contributed by atoms with Crippen LogP contribution in [0.25, 0.3) is 0 Å². The van der Waals surface area contributed by atoms with E-state index >= 15 is 0 Å². The van der Waals surface area contributed by atoms with E-state index in [1.807, 2.05) is 0 Å². The number of nitrogens with zero attached hydrogens (tertiary/aromatic N) is 2. The van der Waals surface area contributed by atoms with Crippen molar-refractivity contribution in [1.29, 1.82) is 5.41 Å². The minimum Gasteiger partial charge on any atom is -0.434 e. The Labute approximate surface area is 115 Å². The zero-order chi connectivity index (χ0) is 14.0. The summed E-state index contributed by atoms with van der Waals surface area (Å²) < 4.78 is 32.0. The minimum atomic E-state index is -1.12. The van der Waals surface area contributed by atoms with Crippen LogP contribution in [0, 0.1) is 17.0 Å². The topological polar surface area (TPSA) is 84.9 Å². The van der Waals surface area contributed by atoms with Crippen LogP contribution < -0.4 is 10.5 Å². The molecule has 0 unspecified atom stereocenters. The van der Waals surface area contributed by atoms with Crippen LogP contribution in [0.15, 0.2) is 29.0 Å². The molecule has 1 heterocycles. The number of aromatic nitrogens is 2. The maximum absolute atomic E-state index is 13.5. The first-order valence-corrected chi connectivity index (χ1v) is 5.75. The van der Waals surface area contributed by atoms with Crippen molar-refractivity contribution in [3.63, 3.8) is 0 Å². The highest BCUT2D eigenvalue weighted by molar-refractivity contribution is 9.10. The average Bonchev–Trinajstić information content (AvgIpc) is 2.36. The molecular weight excluding hydrogens is 322 g/mol. The molecule has 0 fully saturated rings. The van der Waals surface area contributed by atoms with E-state index < -0.39 is 11.6 Å². The summed E-state index contributed by atoms with van der Waals surface area (Å²) in [7, 11) is 0. The van der Waals surface area contributed by atoms with Gasteiger partial charge < -0.3 is 10.5 Å². The third kappa shape index (κ3) is 3.02. The SMILES string of the molecule is N=C(N)c1cnc(Oc2cc(Br)cc(F)c2F)cn1. The second kappa shape index (κ2) is 5.27. The van der Waals surface area contributed by atoms with Crippen LogP contribution in [0.4, 0.5) is 8.78 Å².